The molecule has 0 spiro atoms. The molecular formula is C33H28Cl3N3O3S. The van der Waals surface area contributed by atoms with Gasteiger partial charge in [-0.2, -0.15) is 0 Å². The van der Waals surface area contributed by atoms with Gasteiger partial charge in [-0.1, -0.05) is 84.2 Å². The molecule has 4 aromatic carbocycles. The predicted molar refractivity (Wildman–Crippen MR) is 178 cm³/mol. The lowest BCUT2D eigenvalue weighted by Gasteiger charge is -2.16. The van der Waals surface area contributed by atoms with Gasteiger partial charge in [-0.25, -0.2) is 0 Å². The fourth-order valence-corrected chi connectivity index (χ4v) is 5.51. The molecule has 0 saturated heterocycles. The summed E-state index contributed by atoms with van der Waals surface area (Å²) in [5.41, 5.74) is 2.84. The SMILES string of the molecule is CCC(Sc1cccc(NC(=O)/C(=C\c2cccc(Cl)c2Cl)NC(=O)c2ccccc2)c1)C(=O)Nc1ccc(C)c(Cl)c1. The van der Waals surface area contributed by atoms with Gasteiger partial charge in [-0.3, -0.25) is 14.4 Å². The van der Waals surface area contributed by atoms with Crippen molar-refractivity contribution in [2.75, 3.05) is 10.6 Å². The van der Waals surface area contributed by atoms with Crippen molar-refractivity contribution in [2.24, 2.45) is 0 Å². The van der Waals surface area contributed by atoms with Crippen molar-refractivity contribution < 1.29 is 14.4 Å². The number of halogens is 3. The van der Waals surface area contributed by atoms with Crippen LogP contribution < -0.4 is 16.0 Å². The number of benzene rings is 4. The highest BCUT2D eigenvalue weighted by Crippen LogP contribution is 2.30. The van der Waals surface area contributed by atoms with Crippen LogP contribution in [0.4, 0.5) is 11.4 Å². The number of rotatable bonds is 10. The summed E-state index contributed by atoms with van der Waals surface area (Å²) < 4.78 is 0. The first-order valence-electron chi connectivity index (χ1n) is 13.3. The number of nitrogens with one attached hydrogen (secondary N) is 3. The van der Waals surface area contributed by atoms with E-state index in [9.17, 15) is 14.4 Å². The van der Waals surface area contributed by atoms with Gasteiger partial charge in [-0.05, 0) is 79.1 Å². The van der Waals surface area contributed by atoms with Crippen LogP contribution in [0.15, 0.2) is 102 Å². The van der Waals surface area contributed by atoms with E-state index >= 15 is 0 Å². The molecule has 0 fully saturated rings. The van der Waals surface area contributed by atoms with E-state index in [1.165, 1.54) is 17.8 Å². The summed E-state index contributed by atoms with van der Waals surface area (Å²) in [7, 11) is 0. The van der Waals surface area contributed by atoms with Crippen LogP contribution in [-0.2, 0) is 9.59 Å². The van der Waals surface area contributed by atoms with Gasteiger partial charge in [0.2, 0.25) is 5.91 Å². The van der Waals surface area contributed by atoms with Crippen LogP contribution in [-0.4, -0.2) is 23.0 Å². The molecule has 6 nitrogen and oxygen atoms in total. The minimum Gasteiger partial charge on any atom is -0.325 e. The number of amides is 3. The lowest BCUT2D eigenvalue weighted by atomic mass is 10.1. The zero-order valence-electron chi connectivity index (χ0n) is 23.3. The van der Waals surface area contributed by atoms with Gasteiger partial charge in [0.25, 0.3) is 11.8 Å². The maximum atomic E-state index is 13.5. The number of hydrogen-bond acceptors (Lipinski definition) is 4. The highest BCUT2D eigenvalue weighted by Gasteiger charge is 2.20. The third-order valence-electron chi connectivity index (χ3n) is 6.28. The Morgan fingerprint density at radius 1 is 0.814 bits per heavy atom. The summed E-state index contributed by atoms with van der Waals surface area (Å²) in [4.78, 5) is 40.2. The third kappa shape index (κ3) is 8.88. The maximum Gasteiger partial charge on any atom is 0.272 e. The summed E-state index contributed by atoms with van der Waals surface area (Å²) in [6.45, 7) is 3.82. The minimum absolute atomic E-state index is 0.0290. The van der Waals surface area contributed by atoms with Gasteiger partial charge < -0.3 is 16.0 Å². The van der Waals surface area contributed by atoms with Crippen molar-refractivity contribution in [3.8, 4) is 0 Å². The molecule has 43 heavy (non-hydrogen) atoms. The Hall–Kier alpha value is -3.75. The Labute approximate surface area is 269 Å². The first-order valence-corrected chi connectivity index (χ1v) is 15.3. The second-order valence-corrected chi connectivity index (χ2v) is 11.9. The van der Waals surface area contributed by atoms with E-state index in [4.69, 9.17) is 34.8 Å². The monoisotopic (exact) mass is 651 g/mol. The smallest absolute Gasteiger partial charge is 0.272 e. The van der Waals surface area contributed by atoms with E-state index in [0.29, 0.717) is 39.0 Å². The third-order valence-corrected chi connectivity index (χ3v) is 8.88. The molecule has 0 aliphatic heterocycles. The molecule has 0 bridgehead atoms. The van der Waals surface area contributed by atoms with E-state index < -0.39 is 17.1 Å². The van der Waals surface area contributed by atoms with Gasteiger partial charge in [0, 0.05) is 26.9 Å². The largest absolute Gasteiger partial charge is 0.325 e. The van der Waals surface area contributed by atoms with E-state index in [0.717, 1.165) is 10.5 Å². The molecular weight excluding hydrogens is 625 g/mol. The van der Waals surface area contributed by atoms with Crippen LogP contribution in [0.25, 0.3) is 6.08 Å². The summed E-state index contributed by atoms with van der Waals surface area (Å²) in [6, 6.07) is 26.1. The number of hydrogen-bond donors (Lipinski definition) is 3. The molecule has 3 amide bonds. The number of aryl methyl sites for hydroxylation is 1. The van der Waals surface area contributed by atoms with E-state index in [-0.39, 0.29) is 16.6 Å². The van der Waals surface area contributed by atoms with E-state index in [2.05, 4.69) is 16.0 Å². The van der Waals surface area contributed by atoms with E-state index in [1.807, 2.05) is 32.0 Å². The molecule has 4 rings (SSSR count). The summed E-state index contributed by atoms with van der Waals surface area (Å²) >= 11 is 20.1. The standard InChI is InChI=1S/C33H28Cl3N3O3S/c1-3-29(33(42)38-24-16-15-20(2)27(35)19-24)43-25-13-8-12-23(18-25)37-32(41)28(17-22-11-7-14-26(34)30(22)36)39-31(40)21-9-5-4-6-10-21/h4-19,29H,3H2,1-2H3,(H,37,41)(H,38,42)(H,39,40)/b28-17+. The number of carbonyl (C=O) groups excluding carboxylic acids is 3. The summed E-state index contributed by atoms with van der Waals surface area (Å²) in [5, 5.41) is 9.20. The molecule has 10 heteroatoms. The van der Waals surface area contributed by atoms with Crippen LogP contribution in [0.2, 0.25) is 15.1 Å². The van der Waals surface area contributed by atoms with E-state index in [1.54, 1.807) is 72.8 Å². The Kier molecular flexibility index (Phi) is 11.3. The highest BCUT2D eigenvalue weighted by atomic mass is 35.5. The molecule has 3 N–H and O–H groups in total. The first kappa shape index (κ1) is 32.2. The second-order valence-electron chi connectivity index (χ2n) is 9.47. The lowest BCUT2D eigenvalue weighted by Crippen LogP contribution is -2.30. The number of anilines is 2. The number of thioether (sulfide) groups is 1. The molecule has 0 aliphatic carbocycles. The molecule has 0 radical (unpaired) electrons. The maximum absolute atomic E-state index is 13.5. The molecule has 0 aliphatic rings. The zero-order chi connectivity index (χ0) is 30.9. The highest BCUT2D eigenvalue weighted by molar-refractivity contribution is 8.00. The summed E-state index contributed by atoms with van der Waals surface area (Å²) in [5.74, 6) is -1.19. The Bertz CT molecular complexity index is 1680. The fraction of sp³-hybridized carbons (Fsp3) is 0.121. The van der Waals surface area contributed by atoms with Gasteiger partial charge in [0.1, 0.15) is 5.70 Å². The van der Waals surface area contributed by atoms with Crippen molar-refractivity contribution in [3.05, 3.63) is 128 Å². The van der Waals surface area contributed by atoms with Crippen LogP contribution in [0.3, 0.4) is 0 Å². The van der Waals surface area contributed by atoms with Crippen LogP contribution >= 0.6 is 46.6 Å². The predicted octanol–water partition coefficient (Wildman–Crippen LogP) is 8.87. The molecule has 0 aromatic heterocycles. The van der Waals surface area contributed by atoms with Crippen molar-refractivity contribution in [3.63, 3.8) is 0 Å². The topological polar surface area (TPSA) is 87.3 Å². The van der Waals surface area contributed by atoms with Gasteiger partial charge in [0.05, 0.1) is 15.3 Å². The molecule has 0 heterocycles. The summed E-state index contributed by atoms with van der Waals surface area (Å²) in [6.07, 6.45) is 2.04. The van der Waals surface area contributed by atoms with Crippen molar-refractivity contribution >= 4 is 81.7 Å². The van der Waals surface area contributed by atoms with Gasteiger partial charge in [-0.15, -0.1) is 11.8 Å². The quantitative estimate of drug-likeness (QED) is 0.118. The minimum atomic E-state index is -0.566. The zero-order valence-corrected chi connectivity index (χ0v) is 26.4. The first-order chi connectivity index (χ1) is 20.6. The molecule has 1 atom stereocenters. The Morgan fingerprint density at radius 3 is 2.26 bits per heavy atom. The lowest BCUT2D eigenvalue weighted by molar-refractivity contribution is -0.116. The Morgan fingerprint density at radius 2 is 1.53 bits per heavy atom. The molecule has 4 aromatic rings. The normalized spacial score (nSPS) is 11.9. The second kappa shape index (κ2) is 15.1. The molecule has 1 unspecified atom stereocenters. The van der Waals surface area contributed by atoms with Crippen LogP contribution in [0.5, 0.6) is 0 Å². The van der Waals surface area contributed by atoms with Crippen molar-refractivity contribution in [1.82, 2.24) is 5.32 Å². The van der Waals surface area contributed by atoms with Crippen molar-refractivity contribution in [1.29, 1.82) is 0 Å². The fourth-order valence-electron chi connectivity index (χ4n) is 3.96. The van der Waals surface area contributed by atoms with Crippen LogP contribution in [0, 0.1) is 6.92 Å². The average molecular weight is 653 g/mol. The van der Waals surface area contributed by atoms with Gasteiger partial charge in [0.15, 0.2) is 0 Å². The average Bonchev–Trinajstić information content (AvgIpc) is 3.00. The Balaban J connectivity index is 1.52. The number of carbonyl (C=O) groups is 3. The van der Waals surface area contributed by atoms with Crippen molar-refractivity contribution in [2.45, 2.75) is 30.4 Å². The molecule has 0 saturated carbocycles. The van der Waals surface area contributed by atoms with Gasteiger partial charge >= 0.3 is 0 Å². The van der Waals surface area contributed by atoms with Crippen LogP contribution in [0.1, 0.15) is 34.8 Å². The molecule has 220 valence electrons.